The number of halogens is 1. The first-order chi connectivity index (χ1) is 16.5. The number of hydrogen-bond acceptors (Lipinski definition) is 7. The molecule has 180 valence electrons. The summed E-state index contributed by atoms with van der Waals surface area (Å²) in [6, 6.07) is 16.4. The van der Waals surface area contributed by atoms with Crippen LogP contribution in [0.4, 0.5) is 11.9 Å². The van der Waals surface area contributed by atoms with E-state index >= 15 is 0 Å². The summed E-state index contributed by atoms with van der Waals surface area (Å²) in [7, 11) is 0. The largest absolute Gasteiger partial charge is 0.366 e. The summed E-state index contributed by atoms with van der Waals surface area (Å²) in [6.45, 7) is 3.56. The molecule has 1 saturated heterocycles. The molecule has 0 aliphatic carbocycles. The van der Waals surface area contributed by atoms with E-state index in [1.165, 1.54) is 23.1 Å². The minimum atomic E-state index is -0.0703. The Bertz CT molecular complexity index is 1070. The molecule has 1 aliphatic rings. The van der Waals surface area contributed by atoms with E-state index in [0.29, 0.717) is 11.6 Å². The van der Waals surface area contributed by atoms with Crippen molar-refractivity contribution in [3.63, 3.8) is 0 Å². The van der Waals surface area contributed by atoms with Crippen LogP contribution in [0.25, 0.3) is 0 Å². The fourth-order valence-corrected chi connectivity index (χ4v) is 4.74. The number of hydrogen-bond donors (Lipinski definition) is 3. The van der Waals surface area contributed by atoms with Gasteiger partial charge in [0.05, 0.1) is 0 Å². The average molecular weight is 500 g/mol. The van der Waals surface area contributed by atoms with Gasteiger partial charge in [-0.05, 0) is 54.7 Å². The molecule has 1 aromatic heterocycles. The van der Waals surface area contributed by atoms with Gasteiger partial charge in [0.2, 0.25) is 11.9 Å². The molecule has 8 nitrogen and oxygen atoms in total. The highest BCUT2D eigenvalue weighted by atomic mass is 35.5. The molecule has 1 amide bonds. The first kappa shape index (κ1) is 24.4. The molecule has 4 rings (SSSR count). The SMILES string of the molecule is CSNC(=O)c1ccc(CN(CCc2ccc(Cl)cc2)C2CCN(c3nc(N)n[nH]3)CC2)cc1. The first-order valence-corrected chi connectivity index (χ1v) is 13.0. The predicted octanol–water partition coefficient (Wildman–Crippen LogP) is 3.76. The first-order valence-electron chi connectivity index (χ1n) is 11.4. The third-order valence-corrected chi connectivity index (χ3v) is 6.81. The van der Waals surface area contributed by atoms with Crippen molar-refractivity contribution in [1.82, 2.24) is 24.8 Å². The van der Waals surface area contributed by atoms with E-state index in [1.807, 2.05) is 30.5 Å². The van der Waals surface area contributed by atoms with E-state index in [9.17, 15) is 4.79 Å². The number of nitrogen functional groups attached to an aromatic ring is 1. The standard InChI is InChI=1S/C24H30ClN7OS/c1-34-30-22(33)19-6-2-18(3-7-19)16-32(13-10-17-4-8-20(25)9-5-17)21-11-14-31(15-12-21)24-27-23(26)28-29-24/h2-9,21H,10-16H2,1H3,(H,30,33)(H3,26,27,28,29). The summed E-state index contributed by atoms with van der Waals surface area (Å²) in [5.41, 5.74) is 8.81. The van der Waals surface area contributed by atoms with Crippen molar-refractivity contribution in [3.05, 3.63) is 70.2 Å². The van der Waals surface area contributed by atoms with Gasteiger partial charge in [-0.15, -0.1) is 5.10 Å². The van der Waals surface area contributed by atoms with Gasteiger partial charge < -0.3 is 10.6 Å². The number of benzene rings is 2. The van der Waals surface area contributed by atoms with Gasteiger partial charge in [-0.3, -0.25) is 14.4 Å². The maximum Gasteiger partial charge on any atom is 0.261 e. The van der Waals surface area contributed by atoms with Crippen LogP contribution in [0, 0.1) is 0 Å². The highest BCUT2D eigenvalue weighted by molar-refractivity contribution is 7.97. The lowest BCUT2D eigenvalue weighted by atomic mass is 10.0. The van der Waals surface area contributed by atoms with E-state index in [1.54, 1.807) is 0 Å². The van der Waals surface area contributed by atoms with Gasteiger partial charge in [-0.2, -0.15) is 4.98 Å². The Morgan fingerprint density at radius 3 is 2.47 bits per heavy atom. The van der Waals surface area contributed by atoms with Gasteiger partial charge in [0.25, 0.3) is 5.91 Å². The molecular weight excluding hydrogens is 470 g/mol. The highest BCUT2D eigenvalue weighted by Gasteiger charge is 2.26. The van der Waals surface area contributed by atoms with E-state index in [-0.39, 0.29) is 11.9 Å². The molecule has 34 heavy (non-hydrogen) atoms. The van der Waals surface area contributed by atoms with Gasteiger partial charge in [0, 0.05) is 49.1 Å². The lowest BCUT2D eigenvalue weighted by molar-refractivity contribution is 0.0984. The molecule has 10 heteroatoms. The molecule has 0 unspecified atom stereocenters. The van der Waals surface area contributed by atoms with Gasteiger partial charge in [0.1, 0.15) is 0 Å². The number of aromatic amines is 1. The Morgan fingerprint density at radius 1 is 1.18 bits per heavy atom. The predicted molar refractivity (Wildman–Crippen MR) is 139 cm³/mol. The van der Waals surface area contributed by atoms with Crippen LogP contribution in [-0.4, -0.2) is 57.9 Å². The molecule has 2 heterocycles. The Balaban J connectivity index is 1.43. The van der Waals surface area contributed by atoms with E-state index in [0.717, 1.165) is 56.4 Å². The minimum absolute atomic E-state index is 0.0703. The minimum Gasteiger partial charge on any atom is -0.366 e. The lowest BCUT2D eigenvalue weighted by Crippen LogP contribution is -2.45. The lowest BCUT2D eigenvalue weighted by Gasteiger charge is -2.38. The monoisotopic (exact) mass is 499 g/mol. The Kier molecular flexibility index (Phi) is 8.31. The zero-order valence-corrected chi connectivity index (χ0v) is 20.8. The highest BCUT2D eigenvalue weighted by Crippen LogP contribution is 2.23. The third kappa shape index (κ3) is 6.43. The number of carbonyl (C=O) groups excluding carboxylic acids is 1. The van der Waals surface area contributed by atoms with E-state index < -0.39 is 0 Å². The molecular formula is C24H30ClN7OS. The molecule has 0 atom stereocenters. The number of H-pyrrole nitrogens is 1. The quantitative estimate of drug-likeness (QED) is 0.385. The van der Waals surface area contributed by atoms with E-state index in [2.05, 4.69) is 54.0 Å². The van der Waals surface area contributed by atoms with Crippen molar-refractivity contribution < 1.29 is 4.79 Å². The summed E-state index contributed by atoms with van der Waals surface area (Å²) >= 11 is 7.36. The van der Waals surface area contributed by atoms with Crippen LogP contribution in [0.5, 0.6) is 0 Å². The number of nitrogens with one attached hydrogen (secondary N) is 2. The Hall–Kier alpha value is -2.75. The van der Waals surface area contributed by atoms with Crippen molar-refractivity contribution >= 4 is 41.4 Å². The number of rotatable bonds is 9. The molecule has 0 saturated carbocycles. The summed E-state index contributed by atoms with van der Waals surface area (Å²) in [6.07, 6.45) is 4.84. The number of anilines is 2. The van der Waals surface area contributed by atoms with Crippen molar-refractivity contribution in [2.24, 2.45) is 0 Å². The van der Waals surface area contributed by atoms with Crippen molar-refractivity contribution in [1.29, 1.82) is 0 Å². The van der Waals surface area contributed by atoms with Crippen LogP contribution in [0.1, 0.15) is 34.3 Å². The summed E-state index contributed by atoms with van der Waals surface area (Å²) in [5.74, 6) is 0.943. The molecule has 1 aliphatic heterocycles. The molecule has 0 spiro atoms. The molecule has 1 fully saturated rings. The number of nitrogens with zero attached hydrogens (tertiary/aromatic N) is 4. The molecule has 4 N–H and O–H groups in total. The van der Waals surface area contributed by atoms with Crippen LogP contribution in [0.15, 0.2) is 48.5 Å². The number of aromatic nitrogens is 3. The van der Waals surface area contributed by atoms with Crippen molar-refractivity contribution in [2.45, 2.75) is 31.8 Å². The van der Waals surface area contributed by atoms with Crippen LogP contribution < -0.4 is 15.4 Å². The zero-order chi connectivity index (χ0) is 23.9. The summed E-state index contributed by atoms with van der Waals surface area (Å²) in [5, 5.41) is 7.62. The molecule has 0 radical (unpaired) electrons. The maximum absolute atomic E-state index is 12.1. The molecule has 2 aromatic carbocycles. The van der Waals surface area contributed by atoms with Gasteiger partial charge >= 0.3 is 0 Å². The van der Waals surface area contributed by atoms with E-state index in [4.69, 9.17) is 17.3 Å². The second-order valence-electron chi connectivity index (χ2n) is 8.41. The van der Waals surface area contributed by atoms with Gasteiger partial charge in [0.15, 0.2) is 0 Å². The normalized spacial score (nSPS) is 14.5. The van der Waals surface area contributed by atoms with Crippen molar-refractivity contribution in [3.8, 4) is 0 Å². The number of piperidine rings is 1. The summed E-state index contributed by atoms with van der Waals surface area (Å²) < 4.78 is 2.77. The maximum atomic E-state index is 12.1. The fourth-order valence-electron chi connectivity index (χ4n) is 4.31. The fraction of sp³-hybridized carbons (Fsp3) is 0.375. The Labute approximate surface area is 209 Å². The number of nitrogens with two attached hydrogens (primary N) is 1. The Morgan fingerprint density at radius 2 is 1.85 bits per heavy atom. The topological polar surface area (TPSA) is 103 Å². The number of amides is 1. The number of carbonyl (C=O) groups is 1. The van der Waals surface area contributed by atoms with Crippen LogP contribution in [0.2, 0.25) is 5.02 Å². The summed E-state index contributed by atoms with van der Waals surface area (Å²) in [4.78, 5) is 21.1. The zero-order valence-electron chi connectivity index (χ0n) is 19.2. The third-order valence-electron chi connectivity index (χ3n) is 6.17. The van der Waals surface area contributed by atoms with Gasteiger partial charge in [-0.25, -0.2) is 5.10 Å². The smallest absolute Gasteiger partial charge is 0.261 e. The molecule has 0 bridgehead atoms. The molecule has 3 aromatic rings. The second-order valence-corrected chi connectivity index (χ2v) is 9.46. The van der Waals surface area contributed by atoms with Crippen molar-refractivity contribution in [2.75, 3.05) is 36.5 Å². The average Bonchev–Trinajstić information content (AvgIpc) is 3.29. The second kappa shape index (κ2) is 11.6. The van der Waals surface area contributed by atoms with Crippen LogP contribution in [-0.2, 0) is 13.0 Å². The van der Waals surface area contributed by atoms with Crippen LogP contribution in [0.3, 0.4) is 0 Å². The van der Waals surface area contributed by atoms with Crippen LogP contribution >= 0.6 is 23.5 Å². The van der Waals surface area contributed by atoms with Gasteiger partial charge in [-0.1, -0.05) is 47.8 Å².